The number of thiophene rings is 1. The minimum absolute atomic E-state index is 0.0834. The molecule has 2 aromatic rings. The van der Waals surface area contributed by atoms with Crippen LogP contribution in [0, 0.1) is 0 Å². The van der Waals surface area contributed by atoms with Crippen molar-refractivity contribution in [3.05, 3.63) is 41.8 Å². The predicted molar refractivity (Wildman–Crippen MR) is 84.1 cm³/mol. The molecule has 22 heavy (non-hydrogen) atoms. The fourth-order valence-electron chi connectivity index (χ4n) is 1.88. The normalized spacial score (nSPS) is 11.1. The maximum atomic E-state index is 12.7. The summed E-state index contributed by atoms with van der Waals surface area (Å²) in [7, 11) is -3.96. The Bertz CT molecular complexity index is 740. The standard InChI is InChI=1S/C14H15NO5S2/c1-2-20-12-7-4-3-6-11(12)15(10-13(16)17)22(18,19)14-8-5-9-21-14/h3-9H,2,10H2,1H3,(H,16,17). The van der Waals surface area contributed by atoms with Gasteiger partial charge in [-0.15, -0.1) is 11.3 Å². The maximum absolute atomic E-state index is 12.7. The molecule has 0 aliphatic heterocycles. The summed E-state index contributed by atoms with van der Waals surface area (Å²) in [6.45, 7) is 1.44. The molecular weight excluding hydrogens is 326 g/mol. The van der Waals surface area contributed by atoms with Crippen LogP contribution in [0.25, 0.3) is 0 Å². The summed E-state index contributed by atoms with van der Waals surface area (Å²) in [5.41, 5.74) is 0.208. The number of carbonyl (C=O) groups is 1. The molecule has 1 heterocycles. The molecule has 0 unspecified atom stereocenters. The van der Waals surface area contributed by atoms with Gasteiger partial charge in [-0.25, -0.2) is 8.42 Å². The summed E-state index contributed by atoms with van der Waals surface area (Å²) in [5, 5.41) is 10.7. The van der Waals surface area contributed by atoms with Crippen molar-refractivity contribution in [2.24, 2.45) is 0 Å². The molecular formula is C14H15NO5S2. The van der Waals surface area contributed by atoms with E-state index in [1.807, 2.05) is 0 Å². The highest BCUT2D eigenvalue weighted by molar-refractivity contribution is 7.94. The van der Waals surface area contributed by atoms with Crippen LogP contribution in [0.4, 0.5) is 5.69 Å². The Balaban J connectivity index is 2.54. The molecule has 118 valence electrons. The highest BCUT2D eigenvalue weighted by atomic mass is 32.2. The van der Waals surface area contributed by atoms with Crippen molar-refractivity contribution in [1.82, 2.24) is 0 Å². The van der Waals surface area contributed by atoms with E-state index in [1.165, 1.54) is 12.1 Å². The number of hydrogen-bond acceptors (Lipinski definition) is 5. The lowest BCUT2D eigenvalue weighted by molar-refractivity contribution is -0.135. The van der Waals surface area contributed by atoms with E-state index in [1.54, 1.807) is 36.6 Å². The highest BCUT2D eigenvalue weighted by Gasteiger charge is 2.29. The molecule has 0 aliphatic carbocycles. The Hall–Kier alpha value is -2.06. The van der Waals surface area contributed by atoms with Crippen molar-refractivity contribution in [2.45, 2.75) is 11.1 Å². The van der Waals surface area contributed by atoms with Crippen LogP contribution in [0.1, 0.15) is 6.92 Å². The van der Waals surface area contributed by atoms with Crippen molar-refractivity contribution in [2.75, 3.05) is 17.5 Å². The summed E-state index contributed by atoms with van der Waals surface area (Å²) in [6.07, 6.45) is 0. The fraction of sp³-hybridized carbons (Fsp3) is 0.214. The summed E-state index contributed by atoms with van der Waals surface area (Å²) in [6, 6.07) is 9.52. The first kappa shape index (κ1) is 16.3. The average molecular weight is 341 g/mol. The van der Waals surface area contributed by atoms with Crippen molar-refractivity contribution < 1.29 is 23.1 Å². The number of benzene rings is 1. The van der Waals surface area contributed by atoms with Crippen LogP contribution >= 0.6 is 11.3 Å². The Kier molecular flexibility index (Phi) is 5.04. The average Bonchev–Trinajstić information content (AvgIpc) is 3.00. The molecule has 0 atom stereocenters. The second-order valence-corrected chi connectivity index (χ2v) is 7.28. The number of para-hydroxylation sites is 2. The van der Waals surface area contributed by atoms with Gasteiger partial charge in [0, 0.05) is 0 Å². The van der Waals surface area contributed by atoms with Gasteiger partial charge >= 0.3 is 5.97 Å². The van der Waals surface area contributed by atoms with E-state index >= 15 is 0 Å². The molecule has 8 heteroatoms. The highest BCUT2D eigenvalue weighted by Crippen LogP contribution is 2.33. The first-order valence-electron chi connectivity index (χ1n) is 6.46. The van der Waals surface area contributed by atoms with Gasteiger partial charge in [0.25, 0.3) is 10.0 Å². The third-order valence-electron chi connectivity index (χ3n) is 2.75. The predicted octanol–water partition coefficient (Wildman–Crippen LogP) is 2.43. The molecule has 0 amide bonds. The van der Waals surface area contributed by atoms with E-state index in [9.17, 15) is 13.2 Å². The molecule has 1 aromatic carbocycles. The van der Waals surface area contributed by atoms with Gasteiger partial charge < -0.3 is 9.84 Å². The van der Waals surface area contributed by atoms with Crippen molar-refractivity contribution >= 4 is 33.0 Å². The number of carboxylic acid groups (broad SMARTS) is 1. The molecule has 0 aliphatic rings. The number of anilines is 1. The third-order valence-corrected chi connectivity index (χ3v) is 5.88. The number of carboxylic acids is 1. The smallest absolute Gasteiger partial charge is 0.324 e. The number of hydrogen-bond donors (Lipinski definition) is 1. The number of ether oxygens (including phenoxy) is 1. The van der Waals surface area contributed by atoms with Crippen molar-refractivity contribution in [3.8, 4) is 5.75 Å². The maximum Gasteiger partial charge on any atom is 0.324 e. The quantitative estimate of drug-likeness (QED) is 0.836. The first-order valence-corrected chi connectivity index (χ1v) is 8.78. The van der Waals surface area contributed by atoms with Crippen LogP contribution in [0.15, 0.2) is 46.0 Å². The third kappa shape index (κ3) is 3.40. The van der Waals surface area contributed by atoms with Crippen LogP contribution in [-0.4, -0.2) is 32.6 Å². The fourth-order valence-corrected chi connectivity index (χ4v) is 4.41. The molecule has 0 radical (unpaired) electrons. The monoisotopic (exact) mass is 341 g/mol. The number of aliphatic carboxylic acids is 1. The second-order valence-electron chi connectivity index (χ2n) is 4.24. The molecule has 2 rings (SSSR count). The van der Waals surface area contributed by atoms with Crippen LogP contribution in [0.2, 0.25) is 0 Å². The minimum atomic E-state index is -3.96. The van der Waals surface area contributed by atoms with E-state index in [0.29, 0.717) is 12.4 Å². The molecule has 6 nitrogen and oxygen atoms in total. The number of nitrogens with zero attached hydrogens (tertiary/aromatic N) is 1. The van der Waals surface area contributed by atoms with Crippen molar-refractivity contribution in [3.63, 3.8) is 0 Å². The second kappa shape index (κ2) is 6.80. The molecule has 0 saturated heterocycles. The van der Waals surface area contributed by atoms with E-state index in [4.69, 9.17) is 9.84 Å². The van der Waals surface area contributed by atoms with Gasteiger partial charge in [-0.2, -0.15) is 0 Å². The SMILES string of the molecule is CCOc1ccccc1N(CC(=O)O)S(=O)(=O)c1cccs1. The van der Waals surface area contributed by atoms with Gasteiger partial charge in [-0.05, 0) is 30.5 Å². The van der Waals surface area contributed by atoms with E-state index in [-0.39, 0.29) is 9.90 Å². The van der Waals surface area contributed by atoms with E-state index in [2.05, 4.69) is 0 Å². The van der Waals surface area contributed by atoms with Crippen LogP contribution in [0.5, 0.6) is 5.75 Å². The zero-order chi connectivity index (χ0) is 16.2. The minimum Gasteiger partial charge on any atom is -0.492 e. The lowest BCUT2D eigenvalue weighted by Gasteiger charge is -2.24. The van der Waals surface area contributed by atoms with Crippen LogP contribution in [0.3, 0.4) is 0 Å². The Labute approximate surface area is 132 Å². The van der Waals surface area contributed by atoms with Gasteiger partial charge in [-0.1, -0.05) is 18.2 Å². The first-order chi connectivity index (χ1) is 10.5. The molecule has 1 N–H and O–H groups in total. The van der Waals surface area contributed by atoms with Crippen LogP contribution in [-0.2, 0) is 14.8 Å². The summed E-state index contributed by atoms with van der Waals surface area (Å²) in [5.74, 6) is -0.919. The topological polar surface area (TPSA) is 83.9 Å². The molecule has 0 saturated carbocycles. The zero-order valence-corrected chi connectivity index (χ0v) is 13.4. The summed E-state index contributed by atoms with van der Waals surface area (Å²) < 4.78 is 31.8. The number of rotatable bonds is 7. The van der Waals surface area contributed by atoms with Gasteiger partial charge in [-0.3, -0.25) is 9.10 Å². The molecule has 1 aromatic heterocycles. The lowest BCUT2D eigenvalue weighted by atomic mass is 10.3. The number of sulfonamides is 1. The van der Waals surface area contributed by atoms with Gasteiger partial charge in [0.05, 0.1) is 12.3 Å². The Morgan fingerprint density at radius 1 is 1.27 bits per heavy atom. The Morgan fingerprint density at radius 3 is 2.59 bits per heavy atom. The molecule has 0 fully saturated rings. The zero-order valence-electron chi connectivity index (χ0n) is 11.8. The van der Waals surface area contributed by atoms with E-state index < -0.39 is 22.5 Å². The van der Waals surface area contributed by atoms with Gasteiger partial charge in [0.2, 0.25) is 0 Å². The molecule has 0 bridgehead atoms. The summed E-state index contributed by atoms with van der Waals surface area (Å²) in [4.78, 5) is 11.1. The lowest BCUT2D eigenvalue weighted by Crippen LogP contribution is -2.35. The molecule has 0 spiro atoms. The summed E-state index contributed by atoms with van der Waals surface area (Å²) >= 11 is 1.04. The Morgan fingerprint density at radius 2 is 2.00 bits per heavy atom. The largest absolute Gasteiger partial charge is 0.492 e. The van der Waals surface area contributed by atoms with Crippen molar-refractivity contribution in [1.29, 1.82) is 0 Å². The van der Waals surface area contributed by atoms with E-state index in [0.717, 1.165) is 15.6 Å². The van der Waals surface area contributed by atoms with Gasteiger partial charge in [0.15, 0.2) is 0 Å². The van der Waals surface area contributed by atoms with Crippen LogP contribution < -0.4 is 9.04 Å². The van der Waals surface area contributed by atoms with Gasteiger partial charge in [0.1, 0.15) is 16.5 Å².